The summed E-state index contributed by atoms with van der Waals surface area (Å²) in [6.07, 6.45) is 11.2. The molecule has 1 atom stereocenters. The first kappa shape index (κ1) is 15.4. The van der Waals surface area contributed by atoms with Crippen molar-refractivity contribution in [3.63, 3.8) is 0 Å². The summed E-state index contributed by atoms with van der Waals surface area (Å²) in [6.45, 7) is 2.91. The van der Waals surface area contributed by atoms with Crippen LogP contribution in [-0.2, 0) is 16.8 Å². The van der Waals surface area contributed by atoms with Gasteiger partial charge in [0.05, 0.1) is 11.7 Å². The van der Waals surface area contributed by atoms with Gasteiger partial charge in [-0.2, -0.15) is 0 Å². The van der Waals surface area contributed by atoms with E-state index >= 15 is 0 Å². The molecule has 1 aromatic heterocycles. The molecule has 3 rings (SSSR count). The standard InChI is InChI=1S/C17H28N2OS/c1-3-20-17(11-6-4-5-7-12-17)16-19-15-13(18-2)9-8-10-14(15)21-16/h13,18H,3-12H2,1-2H3. The zero-order valence-corrected chi connectivity index (χ0v) is 14.2. The Morgan fingerprint density at radius 3 is 2.67 bits per heavy atom. The summed E-state index contributed by atoms with van der Waals surface area (Å²) in [5.74, 6) is 0. The molecule has 1 heterocycles. The fraction of sp³-hybridized carbons (Fsp3) is 0.824. The van der Waals surface area contributed by atoms with Gasteiger partial charge >= 0.3 is 0 Å². The van der Waals surface area contributed by atoms with Crippen molar-refractivity contribution in [1.82, 2.24) is 10.3 Å². The number of hydrogen-bond donors (Lipinski definition) is 1. The Morgan fingerprint density at radius 2 is 2.00 bits per heavy atom. The van der Waals surface area contributed by atoms with E-state index < -0.39 is 0 Å². The third-order valence-electron chi connectivity index (χ3n) is 5.02. The second-order valence-electron chi connectivity index (χ2n) is 6.40. The van der Waals surface area contributed by atoms with Gasteiger partial charge in [0.1, 0.15) is 10.6 Å². The van der Waals surface area contributed by atoms with Crippen LogP contribution in [0.3, 0.4) is 0 Å². The van der Waals surface area contributed by atoms with E-state index in [0.717, 1.165) is 19.4 Å². The summed E-state index contributed by atoms with van der Waals surface area (Å²) in [7, 11) is 2.06. The lowest BCUT2D eigenvalue weighted by Gasteiger charge is -2.30. The number of ether oxygens (including phenoxy) is 1. The molecule has 0 saturated heterocycles. The summed E-state index contributed by atoms with van der Waals surface area (Å²) in [6, 6.07) is 0.447. The fourth-order valence-corrected chi connectivity index (χ4v) is 5.26. The van der Waals surface area contributed by atoms with Gasteiger partial charge in [0, 0.05) is 11.5 Å². The number of thiazole rings is 1. The summed E-state index contributed by atoms with van der Waals surface area (Å²) < 4.78 is 6.31. The normalized spacial score (nSPS) is 25.3. The van der Waals surface area contributed by atoms with E-state index in [1.807, 2.05) is 11.3 Å². The van der Waals surface area contributed by atoms with Gasteiger partial charge in [-0.05, 0) is 46.1 Å². The van der Waals surface area contributed by atoms with Gasteiger partial charge < -0.3 is 10.1 Å². The molecule has 1 N–H and O–H groups in total. The summed E-state index contributed by atoms with van der Waals surface area (Å²) >= 11 is 1.93. The number of aryl methyl sites for hydroxylation is 1. The zero-order chi connectivity index (χ0) is 14.7. The van der Waals surface area contributed by atoms with Crippen molar-refractivity contribution in [3.05, 3.63) is 15.6 Å². The van der Waals surface area contributed by atoms with Crippen LogP contribution >= 0.6 is 11.3 Å². The SMILES string of the molecule is CCOC1(c2nc3c(s2)CCCC3NC)CCCCCC1. The molecule has 0 aromatic carbocycles. The molecule has 21 heavy (non-hydrogen) atoms. The number of nitrogens with one attached hydrogen (secondary N) is 1. The number of hydrogen-bond acceptors (Lipinski definition) is 4. The molecule has 0 spiro atoms. The van der Waals surface area contributed by atoms with Crippen molar-refractivity contribution in [3.8, 4) is 0 Å². The molecular weight excluding hydrogens is 280 g/mol. The highest BCUT2D eigenvalue weighted by Gasteiger charge is 2.38. The number of aromatic nitrogens is 1. The van der Waals surface area contributed by atoms with Gasteiger partial charge in [-0.25, -0.2) is 4.98 Å². The third kappa shape index (κ3) is 3.03. The molecule has 118 valence electrons. The predicted octanol–water partition coefficient (Wildman–Crippen LogP) is 4.33. The van der Waals surface area contributed by atoms with E-state index in [-0.39, 0.29) is 5.60 Å². The van der Waals surface area contributed by atoms with Gasteiger partial charge in [0.25, 0.3) is 0 Å². The number of nitrogens with zero attached hydrogens (tertiary/aromatic N) is 1. The first-order chi connectivity index (χ1) is 10.3. The molecule has 0 bridgehead atoms. The molecule has 1 unspecified atom stereocenters. The molecule has 2 aliphatic carbocycles. The number of fused-ring (bicyclic) bond motifs is 1. The molecule has 0 amide bonds. The quantitative estimate of drug-likeness (QED) is 0.841. The molecule has 3 nitrogen and oxygen atoms in total. The van der Waals surface area contributed by atoms with Crippen LogP contribution in [0.1, 0.15) is 79.9 Å². The molecule has 1 aromatic rings. The first-order valence-electron chi connectivity index (χ1n) is 8.60. The van der Waals surface area contributed by atoms with Crippen LogP contribution in [0.25, 0.3) is 0 Å². The molecule has 4 heteroatoms. The second kappa shape index (κ2) is 6.76. The number of rotatable bonds is 4. The zero-order valence-electron chi connectivity index (χ0n) is 13.4. The van der Waals surface area contributed by atoms with Gasteiger partial charge in [0.2, 0.25) is 0 Å². The highest BCUT2D eigenvalue weighted by molar-refractivity contribution is 7.11. The Balaban J connectivity index is 1.94. The predicted molar refractivity (Wildman–Crippen MR) is 87.9 cm³/mol. The van der Waals surface area contributed by atoms with E-state index in [0.29, 0.717) is 6.04 Å². The minimum absolute atomic E-state index is 0.0917. The lowest BCUT2D eigenvalue weighted by Crippen LogP contribution is -2.29. The van der Waals surface area contributed by atoms with Crippen LogP contribution in [0.4, 0.5) is 0 Å². The highest BCUT2D eigenvalue weighted by atomic mass is 32.1. The fourth-order valence-electron chi connectivity index (χ4n) is 3.89. The van der Waals surface area contributed by atoms with Gasteiger partial charge in [-0.1, -0.05) is 25.7 Å². The second-order valence-corrected chi connectivity index (χ2v) is 7.49. The Bertz CT molecular complexity index is 463. The molecular formula is C17H28N2OS. The average Bonchev–Trinajstić information content (AvgIpc) is 2.81. The van der Waals surface area contributed by atoms with Gasteiger partial charge in [-0.3, -0.25) is 0 Å². The molecule has 1 saturated carbocycles. The molecule has 1 fully saturated rings. The Labute approximate surface area is 132 Å². The maximum Gasteiger partial charge on any atom is 0.125 e. The van der Waals surface area contributed by atoms with Crippen molar-refractivity contribution < 1.29 is 4.74 Å². The van der Waals surface area contributed by atoms with Gasteiger partial charge in [0.15, 0.2) is 0 Å². The van der Waals surface area contributed by atoms with Crippen LogP contribution in [0.5, 0.6) is 0 Å². The molecule has 0 aliphatic heterocycles. The van der Waals surface area contributed by atoms with Gasteiger partial charge in [-0.15, -0.1) is 11.3 Å². The van der Waals surface area contributed by atoms with Crippen LogP contribution in [0, 0.1) is 0 Å². The first-order valence-corrected chi connectivity index (χ1v) is 9.42. The average molecular weight is 308 g/mol. The Morgan fingerprint density at radius 1 is 1.24 bits per heavy atom. The Hall–Kier alpha value is -0.450. The summed E-state index contributed by atoms with van der Waals surface area (Å²) in [4.78, 5) is 6.59. The highest BCUT2D eigenvalue weighted by Crippen LogP contribution is 2.44. The summed E-state index contributed by atoms with van der Waals surface area (Å²) in [5, 5.41) is 4.70. The smallest absolute Gasteiger partial charge is 0.125 e. The van der Waals surface area contributed by atoms with Crippen molar-refractivity contribution in [2.45, 2.75) is 76.4 Å². The van der Waals surface area contributed by atoms with Crippen molar-refractivity contribution in [2.24, 2.45) is 0 Å². The summed E-state index contributed by atoms with van der Waals surface area (Å²) in [5.41, 5.74) is 1.22. The lowest BCUT2D eigenvalue weighted by atomic mass is 9.94. The molecule has 2 aliphatic rings. The lowest BCUT2D eigenvalue weighted by molar-refractivity contribution is -0.0561. The van der Waals surface area contributed by atoms with E-state index in [2.05, 4.69) is 19.3 Å². The molecule has 0 radical (unpaired) electrons. The maximum atomic E-state index is 6.31. The minimum Gasteiger partial charge on any atom is -0.368 e. The topological polar surface area (TPSA) is 34.1 Å². The van der Waals surface area contributed by atoms with E-state index in [9.17, 15) is 0 Å². The van der Waals surface area contributed by atoms with Crippen LogP contribution in [0.2, 0.25) is 0 Å². The van der Waals surface area contributed by atoms with Crippen LogP contribution < -0.4 is 5.32 Å². The van der Waals surface area contributed by atoms with Crippen LogP contribution in [-0.4, -0.2) is 18.6 Å². The largest absolute Gasteiger partial charge is 0.368 e. The van der Waals surface area contributed by atoms with Crippen molar-refractivity contribution in [1.29, 1.82) is 0 Å². The maximum absolute atomic E-state index is 6.31. The Kier molecular flexibility index (Phi) is 4.97. The van der Waals surface area contributed by atoms with Crippen molar-refractivity contribution >= 4 is 11.3 Å². The minimum atomic E-state index is -0.0917. The van der Waals surface area contributed by atoms with E-state index in [1.165, 1.54) is 60.5 Å². The monoisotopic (exact) mass is 308 g/mol. The van der Waals surface area contributed by atoms with E-state index in [4.69, 9.17) is 9.72 Å². The van der Waals surface area contributed by atoms with Crippen molar-refractivity contribution in [2.75, 3.05) is 13.7 Å². The van der Waals surface area contributed by atoms with Crippen LogP contribution in [0.15, 0.2) is 0 Å². The van der Waals surface area contributed by atoms with E-state index in [1.54, 1.807) is 0 Å². The third-order valence-corrected chi connectivity index (χ3v) is 6.34.